The van der Waals surface area contributed by atoms with Gasteiger partial charge in [-0.1, -0.05) is 12.1 Å². The summed E-state index contributed by atoms with van der Waals surface area (Å²) in [5.41, 5.74) is 2.05. The molecule has 0 spiro atoms. The van der Waals surface area contributed by atoms with Gasteiger partial charge in [0, 0.05) is 12.2 Å². The van der Waals surface area contributed by atoms with Crippen LogP contribution in [-0.4, -0.2) is 32.2 Å². The van der Waals surface area contributed by atoms with Crippen LogP contribution in [0.3, 0.4) is 0 Å². The highest BCUT2D eigenvalue weighted by Crippen LogP contribution is 2.16. The van der Waals surface area contributed by atoms with Crippen LogP contribution < -0.4 is 20.1 Å². The summed E-state index contributed by atoms with van der Waals surface area (Å²) < 4.78 is 10.7. The maximum absolute atomic E-state index is 11.9. The smallest absolute Gasteiger partial charge is 0.239 e. The van der Waals surface area contributed by atoms with Crippen LogP contribution in [0.1, 0.15) is 19.4 Å². The van der Waals surface area contributed by atoms with E-state index in [1.165, 1.54) is 0 Å². The van der Waals surface area contributed by atoms with Gasteiger partial charge in [0.05, 0.1) is 19.8 Å². The van der Waals surface area contributed by atoms with Gasteiger partial charge in [-0.3, -0.25) is 4.79 Å². The van der Waals surface area contributed by atoms with Gasteiger partial charge in [0.2, 0.25) is 5.91 Å². The van der Waals surface area contributed by atoms with Crippen LogP contribution >= 0.6 is 0 Å². The van der Waals surface area contributed by atoms with Crippen molar-refractivity contribution in [3.05, 3.63) is 54.1 Å². The summed E-state index contributed by atoms with van der Waals surface area (Å²) in [6.45, 7) is 4.83. The van der Waals surface area contributed by atoms with E-state index in [0.717, 1.165) is 29.2 Å². The maximum atomic E-state index is 11.9. The molecule has 0 aliphatic rings. The van der Waals surface area contributed by atoms with Gasteiger partial charge < -0.3 is 20.1 Å². The molecule has 2 rings (SSSR count). The van der Waals surface area contributed by atoms with E-state index in [-0.39, 0.29) is 18.6 Å². The number of carbonyl (C=O) groups is 1. The summed E-state index contributed by atoms with van der Waals surface area (Å²) in [6.07, 6.45) is 0.937. The van der Waals surface area contributed by atoms with Gasteiger partial charge in [0.15, 0.2) is 0 Å². The van der Waals surface area contributed by atoms with E-state index in [2.05, 4.69) is 10.6 Å². The topological polar surface area (TPSA) is 59.6 Å². The zero-order chi connectivity index (χ0) is 18.1. The van der Waals surface area contributed by atoms with Crippen molar-refractivity contribution >= 4 is 11.6 Å². The molecule has 5 nitrogen and oxygen atoms in total. The number of hydrogen-bond donors (Lipinski definition) is 2. The predicted molar refractivity (Wildman–Crippen MR) is 100 cm³/mol. The molecule has 2 N–H and O–H groups in total. The second kappa shape index (κ2) is 9.57. The van der Waals surface area contributed by atoms with Crippen molar-refractivity contribution in [2.75, 3.05) is 25.5 Å². The Kier molecular flexibility index (Phi) is 7.14. The van der Waals surface area contributed by atoms with E-state index in [4.69, 9.17) is 9.47 Å². The Morgan fingerprint density at radius 2 is 1.64 bits per heavy atom. The lowest BCUT2D eigenvalue weighted by Gasteiger charge is -2.11. The number of rotatable bonds is 9. The van der Waals surface area contributed by atoms with Crippen molar-refractivity contribution in [1.29, 1.82) is 0 Å². The lowest BCUT2D eigenvalue weighted by Crippen LogP contribution is -2.31. The Balaban J connectivity index is 1.67. The van der Waals surface area contributed by atoms with Crippen LogP contribution in [0, 0.1) is 0 Å². The Hall–Kier alpha value is -2.69. The zero-order valence-corrected chi connectivity index (χ0v) is 15.0. The summed E-state index contributed by atoms with van der Waals surface area (Å²) in [5, 5.41) is 6.01. The van der Waals surface area contributed by atoms with Gasteiger partial charge in [0.1, 0.15) is 11.5 Å². The number of amides is 1. The quantitative estimate of drug-likeness (QED) is 0.734. The summed E-state index contributed by atoms with van der Waals surface area (Å²) in [5.74, 6) is 1.63. The molecule has 0 radical (unpaired) electrons. The van der Waals surface area contributed by atoms with Crippen molar-refractivity contribution < 1.29 is 14.3 Å². The van der Waals surface area contributed by atoms with Gasteiger partial charge >= 0.3 is 0 Å². The molecule has 0 bridgehead atoms. The van der Waals surface area contributed by atoms with Gasteiger partial charge in [-0.2, -0.15) is 0 Å². The van der Waals surface area contributed by atoms with Gasteiger partial charge in [-0.15, -0.1) is 0 Å². The Bertz CT molecular complexity index is 652. The van der Waals surface area contributed by atoms with Crippen molar-refractivity contribution in [2.45, 2.75) is 26.4 Å². The number of carbonyl (C=O) groups excluding carboxylic acids is 1. The van der Waals surface area contributed by atoms with Crippen LogP contribution in [-0.2, 0) is 11.2 Å². The van der Waals surface area contributed by atoms with Gasteiger partial charge in [0.25, 0.3) is 0 Å². The average molecular weight is 342 g/mol. The molecule has 0 saturated carbocycles. The van der Waals surface area contributed by atoms with E-state index in [1.807, 2.05) is 62.4 Å². The molecule has 0 fully saturated rings. The van der Waals surface area contributed by atoms with Crippen molar-refractivity contribution in [1.82, 2.24) is 5.32 Å². The largest absolute Gasteiger partial charge is 0.497 e. The minimum absolute atomic E-state index is 0.0315. The van der Waals surface area contributed by atoms with Crippen LogP contribution in [0.4, 0.5) is 5.69 Å². The summed E-state index contributed by atoms with van der Waals surface area (Å²) in [7, 11) is 1.65. The Labute approximate surface area is 149 Å². The summed E-state index contributed by atoms with van der Waals surface area (Å²) in [4.78, 5) is 11.9. The molecule has 134 valence electrons. The molecule has 0 unspecified atom stereocenters. The fourth-order valence-electron chi connectivity index (χ4n) is 2.31. The molecule has 5 heteroatoms. The third-order valence-corrected chi connectivity index (χ3v) is 3.57. The van der Waals surface area contributed by atoms with Crippen molar-refractivity contribution in [2.24, 2.45) is 0 Å². The first-order valence-electron chi connectivity index (χ1n) is 8.47. The predicted octanol–water partition coefficient (Wildman–Crippen LogP) is 3.25. The van der Waals surface area contributed by atoms with E-state index >= 15 is 0 Å². The standard InChI is InChI=1S/C20H26N2O3/c1-15(2)25-19-10-6-17(7-11-19)22-14-20(23)21-13-12-16-4-8-18(24-3)9-5-16/h4-11,15,22H,12-14H2,1-3H3,(H,21,23). The van der Waals surface area contributed by atoms with Gasteiger partial charge in [-0.25, -0.2) is 0 Å². The first-order valence-corrected chi connectivity index (χ1v) is 8.47. The fourth-order valence-corrected chi connectivity index (χ4v) is 2.31. The normalized spacial score (nSPS) is 10.4. The number of anilines is 1. The van der Waals surface area contributed by atoms with E-state index < -0.39 is 0 Å². The second-order valence-electron chi connectivity index (χ2n) is 5.99. The van der Waals surface area contributed by atoms with Crippen LogP contribution in [0.25, 0.3) is 0 Å². The third-order valence-electron chi connectivity index (χ3n) is 3.57. The maximum Gasteiger partial charge on any atom is 0.239 e. The van der Waals surface area contributed by atoms with Crippen molar-refractivity contribution in [3.63, 3.8) is 0 Å². The fraction of sp³-hybridized carbons (Fsp3) is 0.350. The number of hydrogen-bond acceptors (Lipinski definition) is 4. The Morgan fingerprint density at radius 1 is 1.00 bits per heavy atom. The van der Waals surface area contributed by atoms with Gasteiger partial charge in [-0.05, 0) is 62.2 Å². The highest BCUT2D eigenvalue weighted by atomic mass is 16.5. The zero-order valence-electron chi connectivity index (χ0n) is 15.0. The molecule has 2 aromatic rings. The number of methoxy groups -OCH3 is 1. The molecule has 0 aliphatic carbocycles. The van der Waals surface area contributed by atoms with Crippen LogP contribution in [0.2, 0.25) is 0 Å². The molecule has 1 amide bonds. The van der Waals surface area contributed by atoms with E-state index in [1.54, 1.807) is 7.11 Å². The molecule has 2 aromatic carbocycles. The molecular weight excluding hydrogens is 316 g/mol. The Morgan fingerprint density at radius 3 is 2.24 bits per heavy atom. The molecule has 0 heterocycles. The molecule has 25 heavy (non-hydrogen) atoms. The third kappa shape index (κ3) is 6.75. The monoisotopic (exact) mass is 342 g/mol. The highest BCUT2D eigenvalue weighted by molar-refractivity contribution is 5.80. The molecule has 0 atom stereocenters. The molecule has 0 aliphatic heterocycles. The average Bonchev–Trinajstić information content (AvgIpc) is 2.61. The first kappa shape index (κ1) is 18.6. The minimum Gasteiger partial charge on any atom is -0.497 e. The lowest BCUT2D eigenvalue weighted by molar-refractivity contribution is -0.119. The van der Waals surface area contributed by atoms with Crippen LogP contribution in [0.15, 0.2) is 48.5 Å². The summed E-state index contributed by atoms with van der Waals surface area (Å²) in [6, 6.07) is 15.4. The highest BCUT2D eigenvalue weighted by Gasteiger charge is 2.02. The van der Waals surface area contributed by atoms with E-state index in [9.17, 15) is 4.79 Å². The SMILES string of the molecule is COc1ccc(CCNC(=O)CNc2ccc(OC(C)C)cc2)cc1. The number of benzene rings is 2. The summed E-state index contributed by atoms with van der Waals surface area (Å²) >= 11 is 0. The molecule has 0 saturated heterocycles. The minimum atomic E-state index is -0.0315. The molecule has 0 aromatic heterocycles. The number of nitrogens with one attached hydrogen (secondary N) is 2. The molecular formula is C20H26N2O3. The first-order chi connectivity index (χ1) is 12.1. The second-order valence-corrected chi connectivity index (χ2v) is 5.99. The number of ether oxygens (including phenoxy) is 2. The van der Waals surface area contributed by atoms with E-state index in [0.29, 0.717) is 6.54 Å². The van der Waals surface area contributed by atoms with Crippen LogP contribution in [0.5, 0.6) is 11.5 Å². The van der Waals surface area contributed by atoms with Crippen molar-refractivity contribution in [3.8, 4) is 11.5 Å². The lowest BCUT2D eigenvalue weighted by atomic mass is 10.1.